The monoisotopic (exact) mass is 563 g/mol. The largest absolute Gasteiger partial charge is 0.493 e. The minimum Gasteiger partial charge on any atom is -0.493 e. The van der Waals surface area contributed by atoms with Crippen molar-refractivity contribution in [1.29, 1.82) is 0 Å². The Bertz CT molecular complexity index is 1510. The number of aromatic nitrogens is 2. The summed E-state index contributed by atoms with van der Waals surface area (Å²) >= 11 is 3.46. The summed E-state index contributed by atoms with van der Waals surface area (Å²) in [5.41, 5.74) is 1.95. The van der Waals surface area contributed by atoms with Gasteiger partial charge in [-0.1, -0.05) is 47.3 Å². The third-order valence-electron chi connectivity index (χ3n) is 6.60. The first-order valence-electron chi connectivity index (χ1n) is 12.3. The van der Waals surface area contributed by atoms with Crippen LogP contribution in [0, 0.1) is 5.82 Å². The molecule has 37 heavy (non-hydrogen) atoms. The van der Waals surface area contributed by atoms with Crippen LogP contribution < -0.4 is 15.0 Å². The van der Waals surface area contributed by atoms with Crippen LogP contribution in [0.25, 0.3) is 10.9 Å². The van der Waals surface area contributed by atoms with Crippen molar-refractivity contribution >= 4 is 33.0 Å². The van der Waals surface area contributed by atoms with Crippen LogP contribution in [0.2, 0.25) is 0 Å². The fourth-order valence-corrected chi connectivity index (χ4v) is 5.06. The van der Waals surface area contributed by atoms with Gasteiger partial charge in [0.15, 0.2) is 11.5 Å². The fourth-order valence-electron chi connectivity index (χ4n) is 4.70. The van der Waals surface area contributed by atoms with Crippen LogP contribution in [0.4, 0.5) is 4.39 Å². The van der Waals surface area contributed by atoms with E-state index in [-0.39, 0.29) is 23.9 Å². The van der Waals surface area contributed by atoms with Gasteiger partial charge in [-0.15, -0.1) is 0 Å². The van der Waals surface area contributed by atoms with Crippen molar-refractivity contribution in [2.24, 2.45) is 5.10 Å². The molecule has 1 aromatic heterocycles. The molecule has 0 amide bonds. The fraction of sp³-hybridized carbons (Fsp3) is 0.276. The predicted molar refractivity (Wildman–Crippen MR) is 146 cm³/mol. The molecule has 1 saturated carbocycles. The second-order valence-electron chi connectivity index (χ2n) is 9.16. The number of halogens is 2. The van der Waals surface area contributed by atoms with Crippen LogP contribution in [0.5, 0.6) is 11.5 Å². The summed E-state index contributed by atoms with van der Waals surface area (Å²) in [6, 6.07) is 17.2. The van der Waals surface area contributed by atoms with E-state index in [2.05, 4.69) is 21.0 Å². The average molecular weight is 564 g/mol. The molecular weight excluding hydrogens is 537 g/mol. The van der Waals surface area contributed by atoms with E-state index in [0.717, 1.165) is 41.3 Å². The smallest absolute Gasteiger partial charge is 0.282 e. The molecule has 8 heteroatoms. The Morgan fingerprint density at radius 1 is 1.08 bits per heavy atom. The highest BCUT2D eigenvalue weighted by Gasteiger charge is 2.22. The van der Waals surface area contributed by atoms with Gasteiger partial charge < -0.3 is 9.47 Å². The molecule has 0 saturated heterocycles. The van der Waals surface area contributed by atoms with Gasteiger partial charge in [-0.3, -0.25) is 4.79 Å². The summed E-state index contributed by atoms with van der Waals surface area (Å²) in [4.78, 5) is 18.4. The number of rotatable bonds is 7. The molecule has 1 aliphatic rings. The van der Waals surface area contributed by atoms with Crippen molar-refractivity contribution in [3.8, 4) is 11.5 Å². The average Bonchev–Trinajstić information content (AvgIpc) is 2.92. The van der Waals surface area contributed by atoms with Crippen LogP contribution in [-0.2, 0) is 6.61 Å². The van der Waals surface area contributed by atoms with Gasteiger partial charge in [0.2, 0.25) is 0 Å². The first kappa shape index (κ1) is 25.1. The molecular formula is C29H27BrFN3O3. The number of fused-ring (bicyclic) bond motifs is 1. The third-order valence-corrected chi connectivity index (χ3v) is 7.09. The SMILES string of the molecule is COc1cc(C=Nn2c(C3CCCCC3)nc3ccc(Br)cc3c2=O)ccc1OCc1cccc(F)c1. The molecule has 1 fully saturated rings. The van der Waals surface area contributed by atoms with Gasteiger partial charge in [0, 0.05) is 10.4 Å². The second-order valence-corrected chi connectivity index (χ2v) is 10.1. The van der Waals surface area contributed by atoms with E-state index in [1.54, 1.807) is 43.7 Å². The Morgan fingerprint density at radius 3 is 2.70 bits per heavy atom. The zero-order valence-electron chi connectivity index (χ0n) is 20.5. The van der Waals surface area contributed by atoms with E-state index in [1.807, 2.05) is 18.2 Å². The van der Waals surface area contributed by atoms with Gasteiger partial charge in [0.25, 0.3) is 5.56 Å². The lowest BCUT2D eigenvalue weighted by molar-refractivity contribution is 0.284. The van der Waals surface area contributed by atoms with Crippen LogP contribution in [0.1, 0.15) is 55.0 Å². The molecule has 1 heterocycles. The second kappa shape index (κ2) is 11.3. The Balaban J connectivity index is 1.46. The van der Waals surface area contributed by atoms with E-state index in [4.69, 9.17) is 14.5 Å². The van der Waals surface area contributed by atoms with Crippen LogP contribution in [-0.4, -0.2) is 23.0 Å². The molecule has 0 aliphatic heterocycles. The van der Waals surface area contributed by atoms with Crippen molar-refractivity contribution in [3.63, 3.8) is 0 Å². The molecule has 3 aromatic carbocycles. The van der Waals surface area contributed by atoms with E-state index < -0.39 is 0 Å². The Hall–Kier alpha value is -3.52. The Kier molecular flexibility index (Phi) is 7.65. The van der Waals surface area contributed by atoms with Crippen LogP contribution in [0.15, 0.2) is 75.0 Å². The number of ether oxygens (including phenoxy) is 2. The van der Waals surface area contributed by atoms with Gasteiger partial charge in [-0.2, -0.15) is 9.78 Å². The summed E-state index contributed by atoms with van der Waals surface area (Å²) in [5, 5.41) is 5.12. The van der Waals surface area contributed by atoms with Crippen molar-refractivity contribution in [1.82, 2.24) is 9.66 Å². The molecule has 0 unspecified atom stereocenters. The van der Waals surface area contributed by atoms with E-state index >= 15 is 0 Å². The van der Waals surface area contributed by atoms with Gasteiger partial charge in [-0.25, -0.2) is 9.37 Å². The number of methoxy groups -OCH3 is 1. The van der Waals surface area contributed by atoms with Gasteiger partial charge in [-0.05, 0) is 72.5 Å². The highest BCUT2D eigenvalue weighted by molar-refractivity contribution is 9.10. The lowest BCUT2D eigenvalue weighted by atomic mass is 9.88. The quantitative estimate of drug-likeness (QED) is 0.231. The maximum Gasteiger partial charge on any atom is 0.282 e. The zero-order valence-corrected chi connectivity index (χ0v) is 22.1. The Labute approximate surface area is 222 Å². The molecule has 0 spiro atoms. The van der Waals surface area contributed by atoms with Gasteiger partial charge in [0.1, 0.15) is 18.2 Å². The topological polar surface area (TPSA) is 65.7 Å². The van der Waals surface area contributed by atoms with Crippen molar-refractivity contribution in [2.45, 2.75) is 44.6 Å². The third kappa shape index (κ3) is 5.74. The molecule has 4 aromatic rings. The summed E-state index contributed by atoms with van der Waals surface area (Å²) in [6.07, 6.45) is 7.08. The van der Waals surface area contributed by atoms with E-state index in [9.17, 15) is 9.18 Å². The molecule has 0 bridgehead atoms. The number of hydrogen-bond acceptors (Lipinski definition) is 5. The molecule has 0 atom stereocenters. The highest BCUT2D eigenvalue weighted by atomic mass is 79.9. The van der Waals surface area contributed by atoms with Crippen molar-refractivity contribution in [2.75, 3.05) is 7.11 Å². The summed E-state index contributed by atoms with van der Waals surface area (Å²) in [5.74, 6) is 1.64. The minimum absolute atomic E-state index is 0.190. The normalized spacial score (nSPS) is 14.4. The molecule has 6 nitrogen and oxygen atoms in total. The maximum absolute atomic E-state index is 13.5. The molecule has 0 N–H and O–H groups in total. The lowest BCUT2D eigenvalue weighted by Crippen LogP contribution is -2.25. The maximum atomic E-state index is 13.5. The van der Waals surface area contributed by atoms with E-state index in [0.29, 0.717) is 28.2 Å². The van der Waals surface area contributed by atoms with Crippen LogP contribution >= 0.6 is 15.9 Å². The molecule has 1 aliphatic carbocycles. The number of benzene rings is 3. The standard InChI is InChI=1S/C29H27BrFN3O3/c1-36-27-15-19(10-13-26(27)37-18-20-6-5-9-23(31)14-20)17-32-34-28(21-7-3-2-4-8-21)33-25-12-11-22(30)16-24(25)29(34)35/h5-6,9-17,21H,2-4,7-8,18H2,1H3. The summed E-state index contributed by atoms with van der Waals surface area (Å²) in [7, 11) is 1.56. The lowest BCUT2D eigenvalue weighted by Gasteiger charge is -2.22. The highest BCUT2D eigenvalue weighted by Crippen LogP contribution is 2.32. The number of hydrogen-bond donors (Lipinski definition) is 0. The molecule has 190 valence electrons. The minimum atomic E-state index is -0.307. The van der Waals surface area contributed by atoms with Gasteiger partial charge >= 0.3 is 0 Å². The van der Waals surface area contributed by atoms with Crippen LogP contribution in [0.3, 0.4) is 0 Å². The first-order chi connectivity index (χ1) is 18.0. The summed E-state index contributed by atoms with van der Waals surface area (Å²) < 4.78 is 27.1. The molecule has 5 rings (SSSR count). The van der Waals surface area contributed by atoms with Crippen molar-refractivity contribution < 1.29 is 13.9 Å². The summed E-state index contributed by atoms with van der Waals surface area (Å²) in [6.45, 7) is 0.208. The van der Waals surface area contributed by atoms with Crippen molar-refractivity contribution in [3.05, 3.63) is 98.3 Å². The first-order valence-corrected chi connectivity index (χ1v) is 13.1. The predicted octanol–water partition coefficient (Wildman–Crippen LogP) is 6.82. The zero-order chi connectivity index (χ0) is 25.8. The van der Waals surface area contributed by atoms with Gasteiger partial charge in [0.05, 0.1) is 24.2 Å². The molecule has 0 radical (unpaired) electrons. The van der Waals surface area contributed by atoms with E-state index in [1.165, 1.54) is 23.2 Å². The Morgan fingerprint density at radius 2 is 1.92 bits per heavy atom. The number of nitrogens with zero attached hydrogens (tertiary/aromatic N) is 3.